The van der Waals surface area contributed by atoms with Gasteiger partial charge >= 0.3 is 0 Å². The molecule has 0 fully saturated rings. The van der Waals surface area contributed by atoms with Crippen LogP contribution in [-0.4, -0.2) is 18.1 Å². The van der Waals surface area contributed by atoms with Crippen LogP contribution in [0.5, 0.6) is 0 Å². The van der Waals surface area contributed by atoms with Crippen LogP contribution in [0.15, 0.2) is 65.3 Å². The number of anilines is 2. The van der Waals surface area contributed by atoms with E-state index in [4.69, 9.17) is 9.15 Å². The Morgan fingerprint density at radius 2 is 2.03 bits per heavy atom. The molecule has 30 heavy (non-hydrogen) atoms. The van der Waals surface area contributed by atoms with Gasteiger partial charge < -0.3 is 19.4 Å². The highest BCUT2D eigenvalue weighted by Crippen LogP contribution is 2.33. The largest absolute Gasteiger partial charge is 0.467 e. The van der Waals surface area contributed by atoms with E-state index in [0.29, 0.717) is 30.5 Å². The lowest BCUT2D eigenvalue weighted by atomic mass is 10.1. The third-order valence-corrected chi connectivity index (χ3v) is 5.42. The van der Waals surface area contributed by atoms with Crippen molar-refractivity contribution in [2.75, 3.05) is 10.2 Å². The smallest absolute Gasteiger partial charge is 0.259 e. The summed E-state index contributed by atoms with van der Waals surface area (Å²) in [6.07, 6.45) is 2.75. The highest BCUT2D eigenvalue weighted by atomic mass is 16.5. The van der Waals surface area contributed by atoms with E-state index in [0.717, 1.165) is 17.7 Å². The predicted molar refractivity (Wildman–Crippen MR) is 119 cm³/mol. The number of rotatable bonds is 7. The Bertz CT molecular complexity index is 1020. The molecule has 1 unspecified atom stereocenters. The predicted octanol–water partition coefficient (Wildman–Crippen LogP) is 5.41. The van der Waals surface area contributed by atoms with Crippen LogP contribution < -0.4 is 10.2 Å². The first-order valence-corrected chi connectivity index (χ1v) is 10.4. The molecule has 0 aliphatic carbocycles. The molecular weight excluding hydrogens is 376 g/mol. The van der Waals surface area contributed by atoms with Gasteiger partial charge in [0.15, 0.2) is 0 Å². The molecule has 3 aromatic rings. The summed E-state index contributed by atoms with van der Waals surface area (Å²) in [5, 5.41) is 3.00. The van der Waals surface area contributed by atoms with E-state index >= 15 is 0 Å². The van der Waals surface area contributed by atoms with Crippen molar-refractivity contribution >= 4 is 17.3 Å². The summed E-state index contributed by atoms with van der Waals surface area (Å²) in [7, 11) is 0. The van der Waals surface area contributed by atoms with Crippen molar-refractivity contribution in [2.45, 2.75) is 52.5 Å². The first kappa shape index (κ1) is 20.2. The van der Waals surface area contributed by atoms with Crippen LogP contribution in [0.1, 0.15) is 48.0 Å². The van der Waals surface area contributed by atoms with Crippen molar-refractivity contribution in [3.05, 3.63) is 83.3 Å². The average molecular weight is 405 g/mol. The van der Waals surface area contributed by atoms with Gasteiger partial charge in [-0.05, 0) is 62.6 Å². The zero-order valence-corrected chi connectivity index (χ0v) is 17.7. The zero-order chi connectivity index (χ0) is 21.1. The highest BCUT2D eigenvalue weighted by molar-refractivity contribution is 6.05. The van der Waals surface area contributed by atoms with Crippen molar-refractivity contribution in [2.24, 2.45) is 0 Å². The van der Waals surface area contributed by atoms with Gasteiger partial charge in [0.2, 0.25) is 0 Å². The van der Waals surface area contributed by atoms with Gasteiger partial charge in [-0.25, -0.2) is 0 Å². The van der Waals surface area contributed by atoms with Crippen LogP contribution in [0.25, 0.3) is 0 Å². The first-order valence-electron chi connectivity index (χ1n) is 10.4. The second-order valence-electron chi connectivity index (χ2n) is 8.08. The quantitative estimate of drug-likeness (QED) is 0.572. The molecule has 5 nitrogen and oxygen atoms in total. The maximum absolute atomic E-state index is 13.0. The molecule has 5 heteroatoms. The summed E-state index contributed by atoms with van der Waals surface area (Å²) < 4.78 is 11.4. The second kappa shape index (κ2) is 8.76. The Hall–Kier alpha value is -3.05. The lowest BCUT2D eigenvalue weighted by Gasteiger charge is -2.24. The van der Waals surface area contributed by atoms with Crippen molar-refractivity contribution in [3.8, 4) is 0 Å². The molecule has 4 rings (SSSR count). The number of nitrogens with zero attached hydrogens (tertiary/aromatic N) is 1. The molecule has 156 valence electrons. The Labute approximate surface area is 177 Å². The minimum Gasteiger partial charge on any atom is -0.467 e. The van der Waals surface area contributed by atoms with Gasteiger partial charge in [-0.2, -0.15) is 0 Å². The summed E-state index contributed by atoms with van der Waals surface area (Å²) in [6, 6.07) is 18.3. The molecule has 2 heterocycles. The number of benzene rings is 2. The number of carbonyl (C=O) groups excluding carboxylic acids is 1. The Kier molecular flexibility index (Phi) is 5.91. The Morgan fingerprint density at radius 3 is 2.87 bits per heavy atom. The molecule has 0 spiro atoms. The fourth-order valence-electron chi connectivity index (χ4n) is 3.89. The minimum absolute atomic E-state index is 0.162. The maximum Gasteiger partial charge on any atom is 0.259 e. The van der Waals surface area contributed by atoms with Gasteiger partial charge in [0.1, 0.15) is 5.76 Å². The third kappa shape index (κ3) is 4.41. The van der Waals surface area contributed by atoms with Crippen molar-refractivity contribution in [1.29, 1.82) is 0 Å². The molecular formula is C25H28N2O3. The summed E-state index contributed by atoms with van der Waals surface area (Å²) in [5.41, 5.74) is 4.89. The number of carbonyl (C=O) groups is 1. The lowest BCUT2D eigenvalue weighted by Crippen LogP contribution is -2.29. The Morgan fingerprint density at radius 1 is 1.20 bits per heavy atom. The van der Waals surface area contributed by atoms with Gasteiger partial charge in [0, 0.05) is 17.4 Å². The topological polar surface area (TPSA) is 54.7 Å². The summed E-state index contributed by atoms with van der Waals surface area (Å²) >= 11 is 0. The van der Waals surface area contributed by atoms with Crippen molar-refractivity contribution in [3.63, 3.8) is 0 Å². The summed E-state index contributed by atoms with van der Waals surface area (Å²) in [5.74, 6) is 0.510. The van der Waals surface area contributed by atoms with Crippen molar-refractivity contribution < 1.29 is 13.9 Å². The fraction of sp³-hybridized carbons (Fsp3) is 0.320. The van der Waals surface area contributed by atoms with Crippen LogP contribution in [-0.2, 0) is 24.3 Å². The number of para-hydroxylation sites is 1. The molecule has 1 amide bonds. The third-order valence-electron chi connectivity index (χ3n) is 5.42. The molecule has 1 aliphatic rings. The summed E-state index contributed by atoms with van der Waals surface area (Å²) in [6.45, 7) is 7.30. The van der Waals surface area contributed by atoms with Gasteiger partial charge in [-0.1, -0.05) is 30.3 Å². The molecule has 1 N–H and O–H groups in total. The van der Waals surface area contributed by atoms with Crippen LogP contribution in [0.2, 0.25) is 0 Å². The number of hydrogen-bond donors (Lipinski definition) is 1. The SMILES string of the molecule is CC(C)OCc1cccc(NC(=O)c2ccoc2CN2c3ccccc3CC2C)c1. The monoisotopic (exact) mass is 404 g/mol. The van der Waals surface area contributed by atoms with E-state index in [9.17, 15) is 4.79 Å². The number of ether oxygens (including phenoxy) is 1. The van der Waals surface area contributed by atoms with Gasteiger partial charge in [0.05, 0.1) is 31.1 Å². The van der Waals surface area contributed by atoms with E-state index in [2.05, 4.69) is 41.4 Å². The molecule has 1 aliphatic heterocycles. The molecule has 1 aromatic heterocycles. The van der Waals surface area contributed by atoms with Crippen LogP contribution in [0.3, 0.4) is 0 Å². The number of hydrogen-bond acceptors (Lipinski definition) is 4. The molecule has 0 saturated heterocycles. The fourth-order valence-corrected chi connectivity index (χ4v) is 3.89. The maximum atomic E-state index is 13.0. The van der Waals surface area contributed by atoms with Gasteiger partial charge in [0.25, 0.3) is 5.91 Å². The van der Waals surface area contributed by atoms with Gasteiger partial charge in [-0.3, -0.25) is 4.79 Å². The van der Waals surface area contributed by atoms with E-state index in [1.165, 1.54) is 11.3 Å². The number of fused-ring (bicyclic) bond motifs is 1. The standard InChI is InChI=1S/C25H28N2O3/c1-17(2)30-16-19-7-6-9-21(14-19)26-25(28)22-11-12-29-24(22)15-27-18(3)13-20-8-4-5-10-23(20)27/h4-12,14,17-18H,13,15-16H2,1-3H3,(H,26,28). The molecule has 0 saturated carbocycles. The Balaban J connectivity index is 1.47. The van der Waals surface area contributed by atoms with Crippen LogP contribution >= 0.6 is 0 Å². The van der Waals surface area contributed by atoms with E-state index in [1.54, 1.807) is 12.3 Å². The summed E-state index contributed by atoms with van der Waals surface area (Å²) in [4.78, 5) is 15.3. The zero-order valence-electron chi connectivity index (χ0n) is 17.7. The lowest BCUT2D eigenvalue weighted by molar-refractivity contribution is 0.0657. The van der Waals surface area contributed by atoms with Gasteiger partial charge in [-0.15, -0.1) is 0 Å². The van der Waals surface area contributed by atoms with Crippen LogP contribution in [0, 0.1) is 0 Å². The van der Waals surface area contributed by atoms with E-state index in [-0.39, 0.29) is 12.0 Å². The van der Waals surface area contributed by atoms with Crippen LogP contribution in [0.4, 0.5) is 11.4 Å². The average Bonchev–Trinajstić information content (AvgIpc) is 3.31. The molecule has 1 atom stereocenters. The first-order chi connectivity index (χ1) is 14.5. The van der Waals surface area contributed by atoms with Crippen molar-refractivity contribution in [1.82, 2.24) is 0 Å². The number of nitrogens with one attached hydrogen (secondary N) is 1. The number of amides is 1. The minimum atomic E-state index is -0.166. The molecule has 0 radical (unpaired) electrons. The molecule has 0 bridgehead atoms. The van der Waals surface area contributed by atoms with E-state index < -0.39 is 0 Å². The normalized spacial score (nSPS) is 15.5. The molecule has 2 aromatic carbocycles. The number of furan rings is 1. The second-order valence-corrected chi connectivity index (χ2v) is 8.08. The highest BCUT2D eigenvalue weighted by Gasteiger charge is 2.28. The van der Waals surface area contributed by atoms with E-state index in [1.807, 2.05) is 38.1 Å².